The average molecular weight is 418 g/mol. The fourth-order valence-electron chi connectivity index (χ4n) is 2.43. The van der Waals surface area contributed by atoms with Gasteiger partial charge in [-0.1, -0.05) is 0 Å². The highest BCUT2D eigenvalue weighted by molar-refractivity contribution is 14.1. The number of carbonyl (C=O) groups excluding carboxylic acids is 1. The Labute approximate surface area is 145 Å². The maximum absolute atomic E-state index is 11.7. The highest BCUT2D eigenvalue weighted by Gasteiger charge is 2.23. The third-order valence-electron chi connectivity index (χ3n) is 3.50. The monoisotopic (exact) mass is 418 g/mol. The number of nitrogens with one attached hydrogen (secondary N) is 1. The summed E-state index contributed by atoms with van der Waals surface area (Å²) in [7, 11) is 0. The number of hydrogen-bond donors (Lipinski definition) is 1. The van der Waals surface area contributed by atoms with E-state index in [1.54, 1.807) is 6.33 Å². The van der Waals surface area contributed by atoms with Gasteiger partial charge in [0, 0.05) is 25.8 Å². The van der Waals surface area contributed by atoms with Crippen molar-refractivity contribution in [1.29, 1.82) is 0 Å². The molecule has 1 aromatic heterocycles. The van der Waals surface area contributed by atoms with Gasteiger partial charge in [-0.2, -0.15) is 0 Å². The Morgan fingerprint density at radius 3 is 2.73 bits per heavy atom. The topological polar surface area (TPSA) is 67.3 Å². The van der Waals surface area contributed by atoms with Crippen molar-refractivity contribution in [2.45, 2.75) is 39.2 Å². The predicted molar refractivity (Wildman–Crippen MR) is 93.9 cm³/mol. The molecule has 1 fully saturated rings. The normalized spacial score (nSPS) is 16.5. The molecule has 1 N–H and O–H groups in total. The molecule has 0 spiro atoms. The molecule has 0 aromatic carbocycles. The van der Waals surface area contributed by atoms with Gasteiger partial charge in [0.25, 0.3) is 0 Å². The first-order chi connectivity index (χ1) is 10.3. The smallest absolute Gasteiger partial charge is 0.407 e. The Hall–Kier alpha value is -1.12. The van der Waals surface area contributed by atoms with Gasteiger partial charge in [0.15, 0.2) is 0 Å². The number of rotatable bonds is 3. The molecular formula is C15H23IN4O2. The second-order valence-electron chi connectivity index (χ2n) is 6.51. The molecule has 1 saturated heterocycles. The first-order valence-electron chi connectivity index (χ1n) is 7.52. The molecule has 0 unspecified atom stereocenters. The van der Waals surface area contributed by atoms with Crippen molar-refractivity contribution in [3.8, 4) is 0 Å². The lowest BCUT2D eigenvalue weighted by Gasteiger charge is -2.33. The highest BCUT2D eigenvalue weighted by Crippen LogP contribution is 2.24. The van der Waals surface area contributed by atoms with Crippen LogP contribution in [0, 0.1) is 9.49 Å². The Kier molecular flexibility index (Phi) is 5.82. The molecule has 1 aromatic rings. The van der Waals surface area contributed by atoms with E-state index in [4.69, 9.17) is 4.74 Å². The van der Waals surface area contributed by atoms with Crippen LogP contribution in [-0.4, -0.2) is 41.3 Å². The summed E-state index contributed by atoms with van der Waals surface area (Å²) < 4.78 is 6.33. The van der Waals surface area contributed by atoms with Crippen LogP contribution in [0.2, 0.25) is 0 Å². The summed E-state index contributed by atoms with van der Waals surface area (Å²) in [5.41, 5.74) is -0.447. The van der Waals surface area contributed by atoms with Crippen LogP contribution in [0.1, 0.15) is 33.6 Å². The van der Waals surface area contributed by atoms with E-state index >= 15 is 0 Å². The van der Waals surface area contributed by atoms with Crippen molar-refractivity contribution in [3.05, 3.63) is 16.1 Å². The van der Waals surface area contributed by atoms with Gasteiger partial charge >= 0.3 is 6.09 Å². The highest BCUT2D eigenvalue weighted by atomic mass is 127. The zero-order valence-electron chi connectivity index (χ0n) is 13.3. The second-order valence-corrected chi connectivity index (χ2v) is 7.67. The van der Waals surface area contributed by atoms with Gasteiger partial charge in [-0.15, -0.1) is 0 Å². The summed E-state index contributed by atoms with van der Waals surface area (Å²) in [4.78, 5) is 22.3. The molecule has 0 atom stereocenters. The SMILES string of the molecule is CC(C)(C)OC(=O)NCC1CCN(c2ncncc2I)CC1. The van der Waals surface area contributed by atoms with Gasteiger partial charge < -0.3 is 15.0 Å². The number of halogens is 1. The van der Waals surface area contributed by atoms with Crippen molar-refractivity contribution in [2.24, 2.45) is 5.92 Å². The van der Waals surface area contributed by atoms with Crippen LogP contribution in [0.15, 0.2) is 12.5 Å². The quantitative estimate of drug-likeness (QED) is 0.765. The van der Waals surface area contributed by atoms with Crippen LogP contribution >= 0.6 is 22.6 Å². The van der Waals surface area contributed by atoms with Crippen molar-refractivity contribution in [2.75, 3.05) is 24.5 Å². The third-order valence-corrected chi connectivity index (χ3v) is 4.26. The van der Waals surface area contributed by atoms with E-state index in [-0.39, 0.29) is 6.09 Å². The minimum absolute atomic E-state index is 0.333. The Morgan fingerprint density at radius 1 is 1.45 bits per heavy atom. The minimum Gasteiger partial charge on any atom is -0.444 e. The molecule has 1 amide bonds. The van der Waals surface area contributed by atoms with Crippen molar-refractivity contribution in [1.82, 2.24) is 15.3 Å². The summed E-state index contributed by atoms with van der Waals surface area (Å²) in [6, 6.07) is 0. The molecule has 1 aliphatic rings. The zero-order chi connectivity index (χ0) is 16.2. The van der Waals surface area contributed by atoms with E-state index in [1.807, 2.05) is 27.0 Å². The molecule has 6 nitrogen and oxygen atoms in total. The number of alkyl carbamates (subject to hydrolysis) is 1. The van der Waals surface area contributed by atoms with Crippen LogP contribution in [0.5, 0.6) is 0 Å². The zero-order valence-corrected chi connectivity index (χ0v) is 15.5. The molecule has 2 rings (SSSR count). The molecule has 7 heteroatoms. The van der Waals surface area contributed by atoms with Crippen molar-refractivity contribution in [3.63, 3.8) is 0 Å². The molecule has 2 heterocycles. The maximum atomic E-state index is 11.7. The molecular weight excluding hydrogens is 395 g/mol. The molecule has 1 aliphatic heterocycles. The molecule has 122 valence electrons. The Bertz CT molecular complexity index is 511. The first-order valence-corrected chi connectivity index (χ1v) is 8.60. The van der Waals surface area contributed by atoms with Gasteiger partial charge in [0.05, 0.1) is 3.57 Å². The van der Waals surface area contributed by atoms with E-state index < -0.39 is 5.60 Å². The number of carbonyl (C=O) groups is 1. The number of ether oxygens (including phenoxy) is 1. The Morgan fingerprint density at radius 2 is 2.14 bits per heavy atom. The van der Waals surface area contributed by atoms with Gasteiger partial charge in [0.1, 0.15) is 17.7 Å². The fraction of sp³-hybridized carbons (Fsp3) is 0.667. The summed E-state index contributed by atoms with van der Waals surface area (Å²) in [5, 5.41) is 2.87. The first kappa shape index (κ1) is 17.2. The Balaban J connectivity index is 1.76. The summed E-state index contributed by atoms with van der Waals surface area (Å²) in [6.45, 7) is 8.18. The predicted octanol–water partition coefficient (Wildman–Crippen LogP) is 2.82. The van der Waals surface area contributed by atoms with E-state index in [0.717, 1.165) is 35.3 Å². The van der Waals surface area contributed by atoms with Crippen LogP contribution in [-0.2, 0) is 4.74 Å². The van der Waals surface area contributed by atoms with E-state index in [1.165, 1.54) is 0 Å². The number of anilines is 1. The summed E-state index contributed by atoms with van der Waals surface area (Å²) in [5.74, 6) is 1.50. The summed E-state index contributed by atoms with van der Waals surface area (Å²) in [6.07, 6.45) is 5.17. The lowest BCUT2D eigenvalue weighted by atomic mass is 9.97. The van der Waals surface area contributed by atoms with Gasteiger partial charge in [0.2, 0.25) is 0 Å². The van der Waals surface area contributed by atoms with E-state index in [2.05, 4.69) is 42.8 Å². The number of amides is 1. The van der Waals surface area contributed by atoms with Gasteiger partial charge in [-0.25, -0.2) is 14.8 Å². The fourth-order valence-corrected chi connectivity index (χ4v) is 3.07. The molecule has 0 aliphatic carbocycles. The van der Waals surface area contributed by atoms with Gasteiger partial charge in [-0.3, -0.25) is 0 Å². The summed E-state index contributed by atoms with van der Waals surface area (Å²) >= 11 is 2.27. The average Bonchev–Trinajstić information content (AvgIpc) is 2.45. The van der Waals surface area contributed by atoms with E-state index in [9.17, 15) is 4.79 Å². The van der Waals surface area contributed by atoms with E-state index in [0.29, 0.717) is 12.5 Å². The number of hydrogen-bond acceptors (Lipinski definition) is 5. The number of piperidine rings is 1. The number of aromatic nitrogens is 2. The maximum Gasteiger partial charge on any atom is 0.407 e. The van der Waals surface area contributed by atoms with Crippen molar-refractivity contribution >= 4 is 34.5 Å². The molecule has 22 heavy (non-hydrogen) atoms. The van der Waals surface area contributed by atoms with Crippen molar-refractivity contribution < 1.29 is 9.53 Å². The standard InChI is InChI=1S/C15H23IN4O2/c1-15(2,3)22-14(21)18-8-11-4-6-20(7-5-11)13-12(16)9-17-10-19-13/h9-11H,4-8H2,1-3H3,(H,18,21). The largest absolute Gasteiger partial charge is 0.444 e. The number of nitrogens with zero attached hydrogens (tertiary/aromatic N) is 3. The van der Waals surface area contributed by atoms with Crippen LogP contribution in [0.4, 0.5) is 10.6 Å². The van der Waals surface area contributed by atoms with Crippen LogP contribution in [0.3, 0.4) is 0 Å². The molecule has 0 radical (unpaired) electrons. The molecule has 0 bridgehead atoms. The van der Waals surface area contributed by atoms with Crippen LogP contribution < -0.4 is 10.2 Å². The molecule has 0 saturated carbocycles. The lowest BCUT2D eigenvalue weighted by Crippen LogP contribution is -2.40. The minimum atomic E-state index is -0.447. The van der Waals surface area contributed by atoms with Crippen LogP contribution in [0.25, 0.3) is 0 Å². The second kappa shape index (κ2) is 7.43. The van der Waals surface area contributed by atoms with Gasteiger partial charge in [-0.05, 0) is 62.1 Å². The lowest BCUT2D eigenvalue weighted by molar-refractivity contribution is 0.0517. The third kappa shape index (κ3) is 5.26.